The molecule has 1 aliphatic heterocycles. The van der Waals surface area contributed by atoms with Crippen LogP contribution in [0.3, 0.4) is 0 Å². The summed E-state index contributed by atoms with van der Waals surface area (Å²) in [6.45, 7) is 3.95. The maximum atomic E-state index is 12.9. The van der Waals surface area contributed by atoms with Crippen molar-refractivity contribution in [1.82, 2.24) is 4.90 Å². The number of benzene rings is 2. The van der Waals surface area contributed by atoms with E-state index < -0.39 is 0 Å². The van der Waals surface area contributed by atoms with Gasteiger partial charge in [0, 0.05) is 13.1 Å². The van der Waals surface area contributed by atoms with E-state index in [0.29, 0.717) is 11.8 Å². The lowest BCUT2D eigenvalue weighted by Gasteiger charge is -2.17. The molecule has 0 aliphatic carbocycles. The molecule has 120 valence electrons. The molecule has 0 saturated carbocycles. The second-order valence-corrected chi connectivity index (χ2v) is 6.48. The Morgan fingerprint density at radius 3 is 2.30 bits per heavy atom. The maximum absolute atomic E-state index is 12.9. The van der Waals surface area contributed by atoms with Crippen LogP contribution in [0.5, 0.6) is 0 Å². The number of nitrogens with zero attached hydrogens (tertiary/aromatic N) is 1. The average molecular weight is 307 g/mol. The van der Waals surface area contributed by atoms with E-state index in [1.54, 1.807) is 0 Å². The topological polar surface area (TPSA) is 20.3 Å². The van der Waals surface area contributed by atoms with E-state index in [1.165, 1.54) is 5.56 Å². The second-order valence-electron chi connectivity index (χ2n) is 6.48. The summed E-state index contributed by atoms with van der Waals surface area (Å²) in [5.41, 5.74) is 2.49. The molecule has 0 radical (unpaired) electrons. The highest BCUT2D eigenvalue weighted by molar-refractivity contribution is 5.86. The van der Waals surface area contributed by atoms with Gasteiger partial charge in [0.05, 0.1) is 5.92 Å². The van der Waals surface area contributed by atoms with E-state index in [9.17, 15) is 4.79 Å². The van der Waals surface area contributed by atoms with E-state index in [1.807, 2.05) is 24.3 Å². The summed E-state index contributed by atoms with van der Waals surface area (Å²) in [5, 5.41) is 0. The molecule has 0 aromatic heterocycles. The normalized spacial score (nSPS) is 20.9. The molecule has 2 heteroatoms. The molecule has 3 rings (SSSR count). The molecule has 2 aromatic rings. The first-order valence-corrected chi connectivity index (χ1v) is 8.67. The van der Waals surface area contributed by atoms with Crippen LogP contribution in [0.4, 0.5) is 0 Å². The van der Waals surface area contributed by atoms with Crippen molar-refractivity contribution in [3.8, 4) is 0 Å². The Morgan fingerprint density at radius 2 is 1.65 bits per heavy atom. The summed E-state index contributed by atoms with van der Waals surface area (Å²) in [4.78, 5) is 15.0. The van der Waals surface area contributed by atoms with Crippen LogP contribution >= 0.6 is 0 Å². The molecule has 1 aliphatic rings. The summed E-state index contributed by atoms with van der Waals surface area (Å²) >= 11 is 0. The fourth-order valence-electron chi connectivity index (χ4n) is 3.60. The van der Waals surface area contributed by atoms with Crippen molar-refractivity contribution < 1.29 is 4.79 Å². The number of unbranched alkanes of at least 4 members (excludes halogenated alkanes) is 1. The highest BCUT2D eigenvalue weighted by atomic mass is 16.2. The number of hydrogen-bond acceptors (Lipinski definition) is 1. The number of rotatable bonds is 6. The molecule has 0 N–H and O–H groups in total. The minimum Gasteiger partial charge on any atom is -0.342 e. The monoisotopic (exact) mass is 307 g/mol. The highest BCUT2D eigenvalue weighted by Crippen LogP contribution is 2.36. The molecule has 2 atom stereocenters. The number of carbonyl (C=O) groups excluding carboxylic acids is 1. The van der Waals surface area contributed by atoms with Gasteiger partial charge in [0.15, 0.2) is 0 Å². The van der Waals surface area contributed by atoms with Gasteiger partial charge in [0.1, 0.15) is 0 Å². The lowest BCUT2D eigenvalue weighted by atomic mass is 9.84. The SMILES string of the molecule is CCCCN1C[C@@H](Cc2ccccc2)[C@H](c2ccccc2)C1=O. The lowest BCUT2D eigenvalue weighted by molar-refractivity contribution is -0.129. The largest absolute Gasteiger partial charge is 0.342 e. The van der Waals surface area contributed by atoms with E-state index in [4.69, 9.17) is 0 Å². The molecule has 23 heavy (non-hydrogen) atoms. The second kappa shape index (κ2) is 7.45. The van der Waals surface area contributed by atoms with Crippen LogP contribution in [0.1, 0.15) is 36.8 Å². The third-order valence-electron chi connectivity index (χ3n) is 4.79. The van der Waals surface area contributed by atoms with E-state index in [2.05, 4.69) is 48.2 Å². The first-order chi connectivity index (χ1) is 11.3. The van der Waals surface area contributed by atoms with Crippen molar-refractivity contribution in [2.75, 3.05) is 13.1 Å². The van der Waals surface area contributed by atoms with Crippen LogP contribution in [0.2, 0.25) is 0 Å². The van der Waals surface area contributed by atoms with E-state index >= 15 is 0 Å². The molecule has 0 unspecified atom stereocenters. The van der Waals surface area contributed by atoms with Crippen LogP contribution in [-0.2, 0) is 11.2 Å². The zero-order valence-corrected chi connectivity index (χ0v) is 13.8. The summed E-state index contributed by atoms with van der Waals surface area (Å²) in [6, 6.07) is 20.8. The average Bonchev–Trinajstić information content (AvgIpc) is 2.90. The van der Waals surface area contributed by atoms with Gasteiger partial charge in [-0.15, -0.1) is 0 Å². The highest BCUT2D eigenvalue weighted by Gasteiger charge is 2.40. The Bertz CT molecular complexity index is 623. The summed E-state index contributed by atoms with van der Waals surface area (Å²) < 4.78 is 0. The zero-order valence-electron chi connectivity index (χ0n) is 13.8. The van der Waals surface area contributed by atoms with Gasteiger partial charge in [0.25, 0.3) is 0 Å². The standard InChI is InChI=1S/C21H25NO/c1-2-3-14-22-16-19(15-17-10-6-4-7-11-17)20(21(22)23)18-12-8-5-9-13-18/h4-13,19-20H,2-3,14-16H2,1H3/t19-,20+/m1/s1. The van der Waals surface area contributed by atoms with Crippen molar-refractivity contribution in [2.45, 2.75) is 32.1 Å². The van der Waals surface area contributed by atoms with Gasteiger partial charge >= 0.3 is 0 Å². The van der Waals surface area contributed by atoms with Crippen LogP contribution in [0.25, 0.3) is 0 Å². The van der Waals surface area contributed by atoms with Crippen molar-refractivity contribution >= 4 is 5.91 Å². The van der Waals surface area contributed by atoms with Crippen molar-refractivity contribution in [3.05, 3.63) is 71.8 Å². The number of hydrogen-bond donors (Lipinski definition) is 0. The molecule has 2 nitrogen and oxygen atoms in total. The molecule has 1 saturated heterocycles. The van der Waals surface area contributed by atoms with Gasteiger partial charge in [-0.25, -0.2) is 0 Å². The first-order valence-electron chi connectivity index (χ1n) is 8.67. The van der Waals surface area contributed by atoms with Crippen LogP contribution < -0.4 is 0 Å². The first kappa shape index (κ1) is 15.8. The quantitative estimate of drug-likeness (QED) is 0.780. The molecule has 0 spiro atoms. The lowest BCUT2D eigenvalue weighted by Crippen LogP contribution is -2.27. The van der Waals surface area contributed by atoms with Gasteiger partial charge in [-0.1, -0.05) is 74.0 Å². The minimum atomic E-state index is 0.00765. The van der Waals surface area contributed by atoms with Gasteiger partial charge in [0.2, 0.25) is 5.91 Å². The van der Waals surface area contributed by atoms with E-state index in [-0.39, 0.29) is 5.92 Å². The molecule has 1 amide bonds. The van der Waals surface area contributed by atoms with E-state index in [0.717, 1.165) is 37.9 Å². The zero-order chi connectivity index (χ0) is 16.1. The van der Waals surface area contributed by atoms with Crippen molar-refractivity contribution in [2.24, 2.45) is 5.92 Å². The Hall–Kier alpha value is -2.09. The molecule has 2 aromatic carbocycles. The van der Waals surface area contributed by atoms with Gasteiger partial charge in [-0.3, -0.25) is 4.79 Å². The predicted molar refractivity (Wildman–Crippen MR) is 94.3 cm³/mol. The Morgan fingerprint density at radius 1 is 1.00 bits per heavy atom. The van der Waals surface area contributed by atoms with Crippen LogP contribution in [0, 0.1) is 5.92 Å². The third kappa shape index (κ3) is 3.64. The van der Waals surface area contributed by atoms with Crippen LogP contribution in [-0.4, -0.2) is 23.9 Å². The summed E-state index contributed by atoms with van der Waals surface area (Å²) in [6.07, 6.45) is 3.18. The Labute approximate surface area is 139 Å². The van der Waals surface area contributed by atoms with Gasteiger partial charge in [-0.05, 0) is 29.9 Å². The van der Waals surface area contributed by atoms with Crippen LogP contribution in [0.15, 0.2) is 60.7 Å². The molecule has 0 bridgehead atoms. The Balaban J connectivity index is 1.83. The summed E-state index contributed by atoms with van der Waals surface area (Å²) in [7, 11) is 0. The van der Waals surface area contributed by atoms with Crippen molar-refractivity contribution in [1.29, 1.82) is 0 Å². The molecular weight excluding hydrogens is 282 g/mol. The number of carbonyl (C=O) groups is 1. The number of likely N-dealkylation sites (tertiary alicyclic amines) is 1. The van der Waals surface area contributed by atoms with Gasteiger partial charge in [-0.2, -0.15) is 0 Å². The fraction of sp³-hybridized carbons (Fsp3) is 0.381. The molecular formula is C21H25NO. The Kier molecular flexibility index (Phi) is 5.12. The third-order valence-corrected chi connectivity index (χ3v) is 4.79. The summed E-state index contributed by atoms with van der Waals surface area (Å²) in [5.74, 6) is 0.683. The smallest absolute Gasteiger partial charge is 0.230 e. The maximum Gasteiger partial charge on any atom is 0.230 e. The predicted octanol–water partition coefficient (Wildman–Crippen LogP) is 4.27. The number of amides is 1. The fourth-order valence-corrected chi connectivity index (χ4v) is 3.60. The minimum absolute atomic E-state index is 0.00765. The molecule has 1 fully saturated rings. The van der Waals surface area contributed by atoms with Crippen molar-refractivity contribution in [3.63, 3.8) is 0 Å². The molecule has 1 heterocycles. The van der Waals surface area contributed by atoms with Gasteiger partial charge < -0.3 is 4.90 Å².